The van der Waals surface area contributed by atoms with Crippen LogP contribution in [0.15, 0.2) is 54.6 Å². The number of amides is 1. The maximum absolute atomic E-state index is 11.8. The average molecular weight is 296 g/mol. The molecular formula is C17H16N2O3. The highest BCUT2D eigenvalue weighted by Gasteiger charge is 2.15. The Labute approximate surface area is 129 Å². The van der Waals surface area contributed by atoms with Crippen molar-refractivity contribution >= 4 is 6.09 Å². The molecule has 5 nitrogen and oxygen atoms in total. The number of rotatable bonds is 5. The fourth-order valence-electron chi connectivity index (χ4n) is 1.89. The first kappa shape index (κ1) is 15.4. The van der Waals surface area contributed by atoms with Crippen molar-refractivity contribution in [2.24, 2.45) is 0 Å². The van der Waals surface area contributed by atoms with E-state index in [9.17, 15) is 10.1 Å². The molecule has 0 aliphatic rings. The maximum Gasteiger partial charge on any atom is 0.408 e. The van der Waals surface area contributed by atoms with Crippen molar-refractivity contribution in [3.05, 3.63) is 65.7 Å². The van der Waals surface area contributed by atoms with Gasteiger partial charge in [0.1, 0.15) is 18.4 Å². The van der Waals surface area contributed by atoms with E-state index in [0.29, 0.717) is 11.3 Å². The number of nitrogens with zero attached hydrogens (tertiary/aromatic N) is 1. The molecule has 0 aliphatic heterocycles. The molecule has 1 N–H and O–H groups in total. The first-order chi connectivity index (χ1) is 10.7. The van der Waals surface area contributed by atoms with Crippen LogP contribution < -0.4 is 10.1 Å². The van der Waals surface area contributed by atoms with E-state index in [1.165, 1.54) is 0 Å². The van der Waals surface area contributed by atoms with Gasteiger partial charge in [0.15, 0.2) is 0 Å². The number of ether oxygens (including phenoxy) is 2. The minimum absolute atomic E-state index is 0.156. The third-order valence-corrected chi connectivity index (χ3v) is 3.03. The van der Waals surface area contributed by atoms with Crippen LogP contribution in [0.2, 0.25) is 0 Å². The lowest BCUT2D eigenvalue weighted by Crippen LogP contribution is -2.28. The quantitative estimate of drug-likeness (QED) is 0.919. The Kier molecular flexibility index (Phi) is 5.38. The third kappa shape index (κ3) is 4.25. The van der Waals surface area contributed by atoms with Gasteiger partial charge in [0.25, 0.3) is 0 Å². The largest absolute Gasteiger partial charge is 0.497 e. The van der Waals surface area contributed by atoms with Crippen LogP contribution in [0.1, 0.15) is 17.2 Å². The highest BCUT2D eigenvalue weighted by Crippen LogP contribution is 2.18. The summed E-state index contributed by atoms with van der Waals surface area (Å²) in [5, 5.41) is 11.7. The number of hydrogen-bond acceptors (Lipinski definition) is 4. The molecular weight excluding hydrogens is 280 g/mol. The molecule has 5 heteroatoms. The molecule has 1 atom stereocenters. The van der Waals surface area contributed by atoms with Crippen LogP contribution in [-0.4, -0.2) is 13.2 Å². The highest BCUT2D eigenvalue weighted by molar-refractivity contribution is 5.68. The molecule has 0 aliphatic carbocycles. The van der Waals surface area contributed by atoms with Crippen LogP contribution in [0.5, 0.6) is 5.75 Å². The van der Waals surface area contributed by atoms with E-state index in [1.54, 1.807) is 31.4 Å². The van der Waals surface area contributed by atoms with Crippen LogP contribution >= 0.6 is 0 Å². The van der Waals surface area contributed by atoms with Gasteiger partial charge in [-0.3, -0.25) is 0 Å². The Morgan fingerprint density at radius 3 is 2.68 bits per heavy atom. The predicted molar refractivity (Wildman–Crippen MR) is 81.1 cm³/mol. The summed E-state index contributed by atoms with van der Waals surface area (Å²) < 4.78 is 10.2. The lowest BCUT2D eigenvalue weighted by molar-refractivity contribution is 0.137. The molecule has 1 amide bonds. The lowest BCUT2D eigenvalue weighted by Gasteiger charge is -2.13. The van der Waals surface area contributed by atoms with Gasteiger partial charge in [-0.2, -0.15) is 5.26 Å². The molecule has 0 heterocycles. The number of nitriles is 1. The Morgan fingerprint density at radius 2 is 2.00 bits per heavy atom. The van der Waals surface area contributed by atoms with Gasteiger partial charge in [0.2, 0.25) is 0 Å². The molecule has 0 saturated heterocycles. The van der Waals surface area contributed by atoms with Crippen LogP contribution in [0.4, 0.5) is 4.79 Å². The van der Waals surface area contributed by atoms with E-state index in [-0.39, 0.29) is 6.61 Å². The molecule has 112 valence electrons. The third-order valence-electron chi connectivity index (χ3n) is 3.03. The van der Waals surface area contributed by atoms with Crippen LogP contribution in [0, 0.1) is 11.3 Å². The zero-order chi connectivity index (χ0) is 15.8. The Hall–Kier alpha value is -3.00. The van der Waals surface area contributed by atoms with E-state index in [4.69, 9.17) is 9.47 Å². The monoisotopic (exact) mass is 296 g/mol. The molecule has 22 heavy (non-hydrogen) atoms. The van der Waals surface area contributed by atoms with Gasteiger partial charge < -0.3 is 14.8 Å². The van der Waals surface area contributed by atoms with Crippen molar-refractivity contribution in [1.82, 2.24) is 5.32 Å². The number of nitrogens with one attached hydrogen (secondary N) is 1. The van der Waals surface area contributed by atoms with Crippen molar-refractivity contribution in [2.75, 3.05) is 7.11 Å². The summed E-state index contributed by atoms with van der Waals surface area (Å²) in [6, 6.07) is 17.5. The van der Waals surface area contributed by atoms with E-state index < -0.39 is 12.1 Å². The topological polar surface area (TPSA) is 71.3 Å². The number of hydrogen-bond donors (Lipinski definition) is 1. The van der Waals surface area contributed by atoms with Gasteiger partial charge >= 0.3 is 6.09 Å². The number of alkyl carbamates (subject to hydrolysis) is 1. The molecule has 2 aromatic rings. The second kappa shape index (κ2) is 7.70. The molecule has 0 fully saturated rings. The Bertz CT molecular complexity index is 665. The van der Waals surface area contributed by atoms with Gasteiger partial charge in [-0.05, 0) is 23.3 Å². The molecule has 0 unspecified atom stereocenters. The van der Waals surface area contributed by atoms with Crippen molar-refractivity contribution in [2.45, 2.75) is 12.6 Å². The molecule has 0 radical (unpaired) electrons. The van der Waals surface area contributed by atoms with Gasteiger partial charge in [-0.1, -0.05) is 42.5 Å². The Morgan fingerprint density at radius 1 is 1.23 bits per heavy atom. The second-order valence-electron chi connectivity index (χ2n) is 4.54. The van der Waals surface area contributed by atoms with Gasteiger partial charge in [0, 0.05) is 0 Å². The number of carbonyl (C=O) groups is 1. The summed E-state index contributed by atoms with van der Waals surface area (Å²) in [7, 11) is 1.54. The standard InChI is InChI=1S/C17H16N2O3/c1-21-15-9-5-8-14(10-15)16(11-18)19-17(20)22-12-13-6-3-2-4-7-13/h2-10,16H,12H2,1H3,(H,19,20)/t16-/m1/s1. The summed E-state index contributed by atoms with van der Waals surface area (Å²) in [5.74, 6) is 0.622. The van der Waals surface area contributed by atoms with Crippen molar-refractivity contribution in [3.63, 3.8) is 0 Å². The average Bonchev–Trinajstić information content (AvgIpc) is 2.58. The second-order valence-corrected chi connectivity index (χ2v) is 4.54. The fraction of sp³-hybridized carbons (Fsp3) is 0.176. The molecule has 0 saturated carbocycles. The lowest BCUT2D eigenvalue weighted by atomic mass is 10.1. The SMILES string of the molecule is COc1cccc([C@@H](C#N)NC(=O)OCc2ccccc2)c1. The Balaban J connectivity index is 1.95. The summed E-state index contributed by atoms with van der Waals surface area (Å²) in [5.41, 5.74) is 1.52. The van der Waals surface area contributed by atoms with Gasteiger partial charge in [0.05, 0.1) is 13.2 Å². The van der Waals surface area contributed by atoms with Crippen molar-refractivity contribution < 1.29 is 14.3 Å². The summed E-state index contributed by atoms with van der Waals surface area (Å²) in [6.07, 6.45) is -0.641. The van der Waals surface area contributed by atoms with Gasteiger partial charge in [-0.25, -0.2) is 4.79 Å². The number of carbonyl (C=O) groups excluding carboxylic acids is 1. The fourth-order valence-corrected chi connectivity index (χ4v) is 1.89. The van der Waals surface area contributed by atoms with Crippen LogP contribution in [-0.2, 0) is 11.3 Å². The smallest absolute Gasteiger partial charge is 0.408 e. The predicted octanol–water partition coefficient (Wildman–Crippen LogP) is 3.19. The van der Waals surface area contributed by atoms with E-state index in [1.807, 2.05) is 36.4 Å². The van der Waals surface area contributed by atoms with Crippen LogP contribution in [0.3, 0.4) is 0 Å². The number of benzene rings is 2. The highest BCUT2D eigenvalue weighted by atomic mass is 16.5. The molecule has 2 aromatic carbocycles. The van der Waals surface area contributed by atoms with Crippen LogP contribution in [0.25, 0.3) is 0 Å². The molecule has 0 spiro atoms. The van der Waals surface area contributed by atoms with E-state index >= 15 is 0 Å². The summed E-state index contributed by atoms with van der Waals surface area (Å²) in [6.45, 7) is 0.156. The minimum atomic E-state index is -0.793. The molecule has 2 rings (SSSR count). The normalized spacial score (nSPS) is 11.1. The van der Waals surface area contributed by atoms with Crippen molar-refractivity contribution in [1.29, 1.82) is 5.26 Å². The molecule has 0 aromatic heterocycles. The van der Waals surface area contributed by atoms with Gasteiger partial charge in [-0.15, -0.1) is 0 Å². The minimum Gasteiger partial charge on any atom is -0.497 e. The zero-order valence-corrected chi connectivity index (χ0v) is 12.2. The first-order valence-electron chi connectivity index (χ1n) is 6.73. The first-order valence-corrected chi connectivity index (χ1v) is 6.73. The van der Waals surface area contributed by atoms with Crippen molar-refractivity contribution in [3.8, 4) is 11.8 Å². The summed E-state index contributed by atoms with van der Waals surface area (Å²) >= 11 is 0. The summed E-state index contributed by atoms with van der Waals surface area (Å²) in [4.78, 5) is 11.8. The molecule has 0 bridgehead atoms. The maximum atomic E-state index is 11.8. The number of methoxy groups -OCH3 is 1. The van der Waals surface area contributed by atoms with E-state index in [2.05, 4.69) is 5.32 Å². The zero-order valence-electron chi connectivity index (χ0n) is 12.2. The van der Waals surface area contributed by atoms with E-state index in [0.717, 1.165) is 5.56 Å².